The van der Waals surface area contributed by atoms with Gasteiger partial charge in [0.2, 0.25) is 5.95 Å². The van der Waals surface area contributed by atoms with E-state index in [1.54, 1.807) is 6.07 Å². The molecule has 0 fully saturated rings. The quantitative estimate of drug-likeness (QED) is 0.784. The summed E-state index contributed by atoms with van der Waals surface area (Å²) < 4.78 is 0. The maximum atomic E-state index is 11.8. The minimum atomic E-state index is -0.396. The molecule has 0 saturated carbocycles. The lowest BCUT2D eigenvalue weighted by atomic mass is 10.2. The van der Waals surface area contributed by atoms with Crippen molar-refractivity contribution in [3.8, 4) is 0 Å². The number of carbonyl (C=O) groups excluding carboxylic acids is 1. The summed E-state index contributed by atoms with van der Waals surface area (Å²) in [4.78, 5) is 23.3. The smallest absolute Gasteiger partial charge is 0.258 e. The minimum absolute atomic E-state index is 0.157. The fourth-order valence-corrected chi connectivity index (χ4v) is 1.40. The summed E-state index contributed by atoms with van der Waals surface area (Å²) in [5.41, 5.74) is 5.78. The highest BCUT2D eigenvalue weighted by Crippen LogP contribution is 2.13. The standard InChI is InChI=1S/C10H8ClN5O/c11-7-4-6(5-8(12)15-7)9(17)16-10-13-2-1-3-14-10/h1-5H,(H2,12,15)(H,13,14,16,17). The number of hydrogen-bond acceptors (Lipinski definition) is 5. The van der Waals surface area contributed by atoms with E-state index in [0.29, 0.717) is 5.56 Å². The van der Waals surface area contributed by atoms with Crippen molar-refractivity contribution < 1.29 is 4.79 Å². The lowest BCUT2D eigenvalue weighted by Gasteiger charge is -2.04. The maximum Gasteiger partial charge on any atom is 0.258 e. The molecule has 0 aliphatic rings. The van der Waals surface area contributed by atoms with E-state index in [2.05, 4.69) is 20.3 Å². The second-order valence-corrected chi connectivity index (χ2v) is 3.52. The van der Waals surface area contributed by atoms with Gasteiger partial charge in [-0.25, -0.2) is 15.0 Å². The van der Waals surface area contributed by atoms with Gasteiger partial charge in [-0.15, -0.1) is 0 Å². The third-order valence-corrected chi connectivity index (χ3v) is 2.06. The third-order valence-electron chi connectivity index (χ3n) is 1.87. The normalized spacial score (nSPS) is 9.94. The predicted molar refractivity (Wildman–Crippen MR) is 63.6 cm³/mol. The van der Waals surface area contributed by atoms with Crippen LogP contribution in [0.15, 0.2) is 30.6 Å². The molecule has 0 saturated heterocycles. The Morgan fingerprint density at radius 2 is 2.00 bits per heavy atom. The zero-order valence-corrected chi connectivity index (χ0v) is 9.35. The van der Waals surface area contributed by atoms with E-state index in [1.807, 2.05) is 0 Å². The molecule has 2 aromatic rings. The molecule has 17 heavy (non-hydrogen) atoms. The Labute approximate surface area is 102 Å². The number of rotatable bonds is 2. The van der Waals surface area contributed by atoms with Crippen LogP contribution in [-0.4, -0.2) is 20.9 Å². The number of nitrogens with one attached hydrogen (secondary N) is 1. The number of nitrogens with two attached hydrogens (primary N) is 1. The number of aromatic nitrogens is 3. The number of hydrogen-bond donors (Lipinski definition) is 2. The minimum Gasteiger partial charge on any atom is -0.384 e. The zero-order chi connectivity index (χ0) is 12.3. The lowest BCUT2D eigenvalue weighted by Crippen LogP contribution is -2.14. The van der Waals surface area contributed by atoms with Gasteiger partial charge < -0.3 is 5.73 Å². The molecular weight excluding hydrogens is 242 g/mol. The van der Waals surface area contributed by atoms with Gasteiger partial charge in [-0.1, -0.05) is 11.6 Å². The lowest BCUT2D eigenvalue weighted by molar-refractivity contribution is 0.102. The van der Waals surface area contributed by atoms with Crippen LogP contribution in [0.3, 0.4) is 0 Å². The van der Waals surface area contributed by atoms with E-state index in [4.69, 9.17) is 17.3 Å². The highest BCUT2D eigenvalue weighted by Gasteiger charge is 2.09. The van der Waals surface area contributed by atoms with Crippen LogP contribution in [0.1, 0.15) is 10.4 Å². The van der Waals surface area contributed by atoms with Crippen molar-refractivity contribution in [2.75, 3.05) is 11.1 Å². The van der Waals surface area contributed by atoms with Gasteiger partial charge in [0, 0.05) is 18.0 Å². The average Bonchev–Trinajstić information content (AvgIpc) is 2.29. The van der Waals surface area contributed by atoms with Gasteiger partial charge in [0.15, 0.2) is 0 Å². The number of anilines is 2. The Kier molecular flexibility index (Phi) is 3.15. The number of nitrogen functional groups attached to an aromatic ring is 1. The zero-order valence-electron chi connectivity index (χ0n) is 8.59. The Hall–Kier alpha value is -2.21. The predicted octanol–water partition coefficient (Wildman–Crippen LogP) is 1.36. The largest absolute Gasteiger partial charge is 0.384 e. The first-order chi connectivity index (χ1) is 8.15. The van der Waals surface area contributed by atoms with Gasteiger partial charge in [-0.2, -0.15) is 0 Å². The van der Waals surface area contributed by atoms with Crippen LogP contribution < -0.4 is 11.1 Å². The van der Waals surface area contributed by atoms with E-state index < -0.39 is 5.91 Å². The summed E-state index contributed by atoms with van der Waals surface area (Å²) in [6.45, 7) is 0. The second kappa shape index (κ2) is 4.75. The highest BCUT2D eigenvalue weighted by atomic mass is 35.5. The molecule has 0 atom stereocenters. The Balaban J connectivity index is 2.20. The molecular formula is C10H8ClN5O. The molecule has 3 N–H and O–H groups in total. The van der Waals surface area contributed by atoms with E-state index in [-0.39, 0.29) is 16.9 Å². The van der Waals surface area contributed by atoms with Crippen molar-refractivity contribution in [3.63, 3.8) is 0 Å². The topological polar surface area (TPSA) is 93.8 Å². The number of pyridine rings is 1. The van der Waals surface area contributed by atoms with Crippen molar-refractivity contribution in [1.82, 2.24) is 15.0 Å². The van der Waals surface area contributed by atoms with Gasteiger partial charge in [0.05, 0.1) is 0 Å². The summed E-state index contributed by atoms with van der Waals surface area (Å²) >= 11 is 5.69. The molecule has 2 rings (SSSR count). The van der Waals surface area contributed by atoms with Gasteiger partial charge in [0.25, 0.3) is 5.91 Å². The summed E-state index contributed by atoms with van der Waals surface area (Å²) in [6, 6.07) is 4.48. The Morgan fingerprint density at radius 3 is 2.65 bits per heavy atom. The highest BCUT2D eigenvalue weighted by molar-refractivity contribution is 6.30. The Morgan fingerprint density at radius 1 is 1.29 bits per heavy atom. The van der Waals surface area contributed by atoms with Gasteiger partial charge in [-0.3, -0.25) is 10.1 Å². The summed E-state index contributed by atoms with van der Waals surface area (Å²) in [5.74, 6) is -0.00663. The third kappa shape index (κ3) is 2.88. The molecule has 7 heteroatoms. The van der Waals surface area contributed by atoms with Crippen LogP contribution in [0.25, 0.3) is 0 Å². The van der Waals surface area contributed by atoms with Crippen LogP contribution in [0.5, 0.6) is 0 Å². The fourth-order valence-electron chi connectivity index (χ4n) is 1.19. The van der Waals surface area contributed by atoms with Crippen molar-refractivity contribution >= 4 is 29.3 Å². The summed E-state index contributed by atoms with van der Waals surface area (Å²) in [7, 11) is 0. The SMILES string of the molecule is Nc1cc(C(=O)Nc2ncccn2)cc(Cl)n1. The first-order valence-corrected chi connectivity index (χ1v) is 5.04. The van der Waals surface area contributed by atoms with Crippen molar-refractivity contribution in [1.29, 1.82) is 0 Å². The van der Waals surface area contributed by atoms with Crippen LogP contribution in [0.2, 0.25) is 5.15 Å². The molecule has 0 spiro atoms. The van der Waals surface area contributed by atoms with E-state index >= 15 is 0 Å². The molecule has 0 aliphatic carbocycles. The molecule has 0 bridgehead atoms. The molecule has 0 aromatic carbocycles. The molecule has 0 aliphatic heterocycles. The van der Waals surface area contributed by atoms with Gasteiger partial charge in [-0.05, 0) is 18.2 Å². The maximum absolute atomic E-state index is 11.8. The number of carbonyl (C=O) groups is 1. The van der Waals surface area contributed by atoms with Gasteiger partial charge in [0.1, 0.15) is 11.0 Å². The Bertz CT molecular complexity index is 525. The molecule has 2 aromatic heterocycles. The first-order valence-electron chi connectivity index (χ1n) is 4.66. The van der Waals surface area contributed by atoms with Crippen LogP contribution in [0.4, 0.5) is 11.8 Å². The van der Waals surface area contributed by atoms with Crippen molar-refractivity contribution in [3.05, 3.63) is 41.3 Å². The molecule has 6 nitrogen and oxygen atoms in total. The van der Waals surface area contributed by atoms with Crippen LogP contribution in [0, 0.1) is 0 Å². The number of halogens is 1. The average molecular weight is 250 g/mol. The van der Waals surface area contributed by atoms with Crippen molar-refractivity contribution in [2.24, 2.45) is 0 Å². The number of amides is 1. The van der Waals surface area contributed by atoms with E-state index in [1.165, 1.54) is 24.5 Å². The fraction of sp³-hybridized carbons (Fsp3) is 0. The van der Waals surface area contributed by atoms with E-state index in [9.17, 15) is 4.79 Å². The molecule has 0 radical (unpaired) electrons. The van der Waals surface area contributed by atoms with Crippen LogP contribution in [-0.2, 0) is 0 Å². The van der Waals surface area contributed by atoms with E-state index in [0.717, 1.165) is 0 Å². The second-order valence-electron chi connectivity index (χ2n) is 3.13. The summed E-state index contributed by atoms with van der Waals surface area (Å²) in [6.07, 6.45) is 3.05. The monoisotopic (exact) mass is 249 g/mol. The van der Waals surface area contributed by atoms with Crippen molar-refractivity contribution in [2.45, 2.75) is 0 Å². The molecule has 86 valence electrons. The van der Waals surface area contributed by atoms with Gasteiger partial charge >= 0.3 is 0 Å². The molecule has 0 unspecified atom stereocenters. The number of nitrogens with zero attached hydrogens (tertiary/aromatic N) is 3. The summed E-state index contributed by atoms with van der Waals surface area (Å²) in [5, 5.41) is 2.67. The van der Waals surface area contributed by atoms with Crippen LogP contribution >= 0.6 is 11.6 Å². The molecule has 1 amide bonds. The first kappa shape index (κ1) is 11.3. The molecule has 2 heterocycles.